The van der Waals surface area contributed by atoms with Crippen LogP contribution in [0.25, 0.3) is 0 Å². The second-order valence-corrected chi connectivity index (χ2v) is 7.17. The van der Waals surface area contributed by atoms with Gasteiger partial charge in [0, 0.05) is 0 Å². The van der Waals surface area contributed by atoms with Crippen molar-refractivity contribution >= 4 is 0 Å². The summed E-state index contributed by atoms with van der Waals surface area (Å²) in [6.45, 7) is 0. The Hall–Kier alpha value is 1.09. The SMILES string of the molecule is [Li+].[O-][I+]([O-])(O)(O)(O)O. The molecule has 0 atom stereocenters. The Morgan fingerprint density at radius 1 is 0.875 bits per heavy atom. The monoisotopic (exact) mass is 234 g/mol. The van der Waals surface area contributed by atoms with Crippen molar-refractivity contribution in [2.24, 2.45) is 0 Å². The van der Waals surface area contributed by atoms with Gasteiger partial charge in [0.2, 0.25) is 0 Å². The molecule has 0 aromatic rings. The van der Waals surface area contributed by atoms with Gasteiger partial charge in [0.05, 0.1) is 0 Å². The molecule has 6 nitrogen and oxygen atoms in total. The van der Waals surface area contributed by atoms with E-state index < -0.39 is 18.2 Å². The Morgan fingerprint density at radius 2 is 0.875 bits per heavy atom. The Morgan fingerprint density at radius 3 is 0.875 bits per heavy atom. The van der Waals surface area contributed by atoms with Crippen LogP contribution in [0.15, 0.2) is 0 Å². The molecule has 0 bridgehead atoms. The predicted molar refractivity (Wildman–Crippen MR) is 8.88 cm³/mol. The van der Waals surface area contributed by atoms with Crippen LogP contribution in [0.2, 0.25) is 0 Å². The van der Waals surface area contributed by atoms with Crippen LogP contribution in [0, 0.1) is 0 Å². The second-order valence-electron chi connectivity index (χ2n) is 1.07. The van der Waals surface area contributed by atoms with Gasteiger partial charge in [0.25, 0.3) is 0 Å². The molecule has 0 saturated heterocycles. The summed E-state index contributed by atoms with van der Waals surface area (Å²) in [5.41, 5.74) is 0. The first-order chi connectivity index (χ1) is 2.45. The zero-order chi connectivity index (χ0) is 6.41. The minimum absolute atomic E-state index is 0. The fraction of sp³-hybridized carbons (Fsp3) is 0. The molecule has 0 aliphatic rings. The summed E-state index contributed by atoms with van der Waals surface area (Å²) in [5.74, 6) is 0. The fourth-order valence-corrected chi connectivity index (χ4v) is 0. The van der Waals surface area contributed by atoms with Crippen LogP contribution >= 0.6 is 0 Å². The van der Waals surface area contributed by atoms with Crippen molar-refractivity contribution < 1.29 is 57.6 Å². The first-order valence-corrected chi connectivity index (χ1v) is 6.61. The summed E-state index contributed by atoms with van der Waals surface area (Å²) in [6.07, 6.45) is 0. The Bertz CT molecular complexity index is 67.1. The van der Waals surface area contributed by atoms with Crippen molar-refractivity contribution in [3.05, 3.63) is 0 Å². The van der Waals surface area contributed by atoms with Crippen molar-refractivity contribution in [3.63, 3.8) is 0 Å². The molecule has 0 rings (SSSR count). The van der Waals surface area contributed by atoms with Gasteiger partial charge in [-0.05, 0) is 0 Å². The number of hydrogen-bond acceptors (Lipinski definition) is 6. The molecule has 0 spiro atoms. The van der Waals surface area contributed by atoms with Crippen molar-refractivity contribution in [1.29, 1.82) is 0 Å². The van der Waals surface area contributed by atoms with Crippen LogP contribution in [0.5, 0.6) is 0 Å². The molecular formula is H4ILiO6. The van der Waals surface area contributed by atoms with Crippen molar-refractivity contribution in [2.75, 3.05) is 0 Å². The summed E-state index contributed by atoms with van der Waals surface area (Å²) >= 11 is -8.62. The number of hydrogen-bond donors (Lipinski definition) is 4. The maximum atomic E-state index is 9.11. The number of rotatable bonds is 0. The van der Waals surface area contributed by atoms with E-state index in [-0.39, 0.29) is 18.9 Å². The van der Waals surface area contributed by atoms with Crippen molar-refractivity contribution in [2.45, 2.75) is 0 Å². The predicted octanol–water partition coefficient (Wildman–Crippen LogP) is -10.6. The Labute approximate surface area is 57.6 Å². The minimum atomic E-state index is -8.62. The van der Waals surface area contributed by atoms with E-state index in [9.17, 15) is 0 Å². The molecule has 0 heterocycles. The normalized spacial score (nSPS) is 20.2. The summed E-state index contributed by atoms with van der Waals surface area (Å²) in [6, 6.07) is 0. The van der Waals surface area contributed by atoms with E-state index in [1.54, 1.807) is 0 Å². The molecule has 8 heavy (non-hydrogen) atoms. The standard InChI is InChI=1S/H4IO6.Li/c2-1(3,4,5,6)7;/h2-5H;/q-1;+1. The van der Waals surface area contributed by atoms with E-state index >= 15 is 0 Å². The van der Waals surface area contributed by atoms with E-state index in [4.69, 9.17) is 20.6 Å². The van der Waals surface area contributed by atoms with Crippen LogP contribution in [0.3, 0.4) is 0 Å². The van der Waals surface area contributed by atoms with Crippen LogP contribution in [0.1, 0.15) is 0 Å². The Kier molecular flexibility index (Phi) is 2.32. The molecule has 0 aromatic carbocycles. The van der Waals surface area contributed by atoms with Gasteiger partial charge in [-0.2, -0.15) is 0 Å². The van der Waals surface area contributed by atoms with Gasteiger partial charge >= 0.3 is 57.6 Å². The van der Waals surface area contributed by atoms with E-state index in [2.05, 4.69) is 0 Å². The summed E-state index contributed by atoms with van der Waals surface area (Å²) in [4.78, 5) is 0. The van der Waals surface area contributed by atoms with Crippen LogP contribution in [-0.4, -0.2) is 13.7 Å². The first kappa shape index (κ1) is 11.8. The van der Waals surface area contributed by atoms with Crippen LogP contribution < -0.4 is 43.9 Å². The fourth-order valence-electron chi connectivity index (χ4n) is 0. The molecule has 0 aliphatic carbocycles. The molecule has 0 unspecified atom stereocenters. The molecule has 4 N–H and O–H groups in total. The average Bonchev–Trinajstić information content (AvgIpc) is 0.592. The third-order valence-corrected chi connectivity index (χ3v) is 0. The van der Waals surface area contributed by atoms with E-state index in [0.29, 0.717) is 0 Å². The molecule has 48 valence electrons. The van der Waals surface area contributed by atoms with Gasteiger partial charge in [-0.25, -0.2) is 0 Å². The average molecular weight is 234 g/mol. The molecule has 0 radical (unpaired) electrons. The molecule has 0 aromatic heterocycles. The molecule has 0 saturated carbocycles. The van der Waals surface area contributed by atoms with Gasteiger partial charge in [-0.1, -0.05) is 0 Å². The summed E-state index contributed by atoms with van der Waals surface area (Å²) < 4.78 is 47.0. The number of halogens is 1. The molecule has 0 aliphatic heterocycles. The summed E-state index contributed by atoms with van der Waals surface area (Å²) in [7, 11) is 0. The molecule has 0 fully saturated rings. The van der Waals surface area contributed by atoms with Crippen molar-refractivity contribution in [3.8, 4) is 0 Å². The van der Waals surface area contributed by atoms with Crippen LogP contribution in [-0.2, 0) is 0 Å². The molecular weight excluding hydrogens is 230 g/mol. The summed E-state index contributed by atoms with van der Waals surface area (Å²) in [5, 5.41) is 0. The zero-order valence-electron chi connectivity index (χ0n) is 3.98. The quantitative estimate of drug-likeness (QED) is 0.243. The Balaban J connectivity index is 0. The van der Waals surface area contributed by atoms with Gasteiger partial charge < -0.3 is 0 Å². The third-order valence-electron chi connectivity index (χ3n) is 0. The second kappa shape index (κ2) is 1.57. The van der Waals surface area contributed by atoms with E-state index in [1.807, 2.05) is 0 Å². The molecule has 0 amide bonds. The van der Waals surface area contributed by atoms with E-state index in [1.165, 1.54) is 0 Å². The van der Waals surface area contributed by atoms with Crippen LogP contribution in [0.4, 0.5) is 0 Å². The third kappa shape index (κ3) is 222. The molecule has 8 heteroatoms. The van der Waals surface area contributed by atoms with Gasteiger partial charge in [-0.3, -0.25) is 0 Å². The van der Waals surface area contributed by atoms with E-state index in [0.717, 1.165) is 0 Å². The first-order valence-electron chi connectivity index (χ1n) is 0.985. The zero-order valence-corrected chi connectivity index (χ0v) is 6.14. The topological polar surface area (TPSA) is 127 Å². The maximum absolute atomic E-state index is 9.11. The van der Waals surface area contributed by atoms with Gasteiger partial charge in [0.15, 0.2) is 0 Å². The van der Waals surface area contributed by atoms with Crippen molar-refractivity contribution in [1.82, 2.24) is 0 Å². The van der Waals surface area contributed by atoms with Gasteiger partial charge in [0.1, 0.15) is 0 Å². The van der Waals surface area contributed by atoms with Gasteiger partial charge in [-0.15, -0.1) is 0 Å².